The number of aliphatic hydroxyl groups excluding tert-OH is 2. The van der Waals surface area contributed by atoms with Crippen LogP contribution in [0, 0.1) is 10.8 Å². The molecule has 0 aliphatic carbocycles. The van der Waals surface area contributed by atoms with E-state index in [1.165, 1.54) is 0 Å². The maximum absolute atomic E-state index is 11.1. The van der Waals surface area contributed by atoms with Crippen molar-refractivity contribution in [2.45, 2.75) is 0 Å². The number of fused-ring (bicyclic) bond motifs is 6. The van der Waals surface area contributed by atoms with E-state index in [0.29, 0.717) is 19.8 Å². The van der Waals surface area contributed by atoms with Gasteiger partial charge >= 0.3 is 13.0 Å². The normalized spacial score (nSPS) is 42.6. The molecule has 160 valence electrons. The molecular formula is C11H20Cl3O10P3. The molecule has 0 spiro atoms. The lowest BCUT2D eigenvalue weighted by Gasteiger charge is -2.46. The molecule has 2 N–H and O–H groups in total. The van der Waals surface area contributed by atoms with E-state index in [2.05, 4.69) is 40.0 Å². The van der Waals surface area contributed by atoms with Gasteiger partial charge in [0, 0.05) is 0 Å². The summed E-state index contributed by atoms with van der Waals surface area (Å²) in [4.78, 5) is 0. The van der Waals surface area contributed by atoms with Crippen molar-refractivity contribution >= 4 is 60.6 Å². The van der Waals surface area contributed by atoms with Gasteiger partial charge < -0.3 is 23.8 Å². The van der Waals surface area contributed by atoms with Crippen molar-refractivity contribution in [3.63, 3.8) is 0 Å². The number of phosphoric ester groups is 1. The largest absolute Gasteiger partial charge is 0.474 e. The quantitative estimate of drug-likeness (QED) is 0.533. The van der Waals surface area contributed by atoms with Crippen molar-refractivity contribution in [3.8, 4) is 0 Å². The zero-order valence-corrected chi connectivity index (χ0v) is 19.0. The van der Waals surface area contributed by atoms with E-state index in [-0.39, 0.29) is 38.4 Å². The molecule has 6 rings (SSSR count). The summed E-state index contributed by atoms with van der Waals surface area (Å²) in [7, 11) is -5.39. The second kappa shape index (κ2) is 9.21. The Balaban J connectivity index is 0.000000157. The summed E-state index contributed by atoms with van der Waals surface area (Å²) in [6.45, 7) is 2.32. The Bertz CT molecular complexity index is 553. The molecule has 16 heteroatoms. The van der Waals surface area contributed by atoms with Gasteiger partial charge in [-0.2, -0.15) is 0 Å². The third kappa shape index (κ3) is 7.20. The van der Waals surface area contributed by atoms with Crippen molar-refractivity contribution in [1.29, 1.82) is 0 Å². The van der Waals surface area contributed by atoms with Crippen LogP contribution in [-0.2, 0) is 36.3 Å². The molecule has 0 amide bonds. The Morgan fingerprint density at radius 2 is 1.07 bits per heavy atom. The number of aliphatic hydroxyl groups is 2. The van der Waals surface area contributed by atoms with Gasteiger partial charge in [0.25, 0.3) is 7.57 Å². The number of rotatable bonds is 2. The second-order valence-corrected chi connectivity index (χ2v) is 16.7. The first-order chi connectivity index (χ1) is 12.4. The molecule has 0 aromatic heterocycles. The first-order valence-electron chi connectivity index (χ1n) is 7.48. The van der Waals surface area contributed by atoms with Crippen molar-refractivity contribution in [1.82, 2.24) is 0 Å². The van der Waals surface area contributed by atoms with Gasteiger partial charge in [0.1, 0.15) is 0 Å². The average Bonchev–Trinajstić information content (AvgIpc) is 2.63. The van der Waals surface area contributed by atoms with Crippen LogP contribution in [0.1, 0.15) is 0 Å². The van der Waals surface area contributed by atoms with Gasteiger partial charge in [-0.05, 0) is 40.0 Å². The fourth-order valence-corrected chi connectivity index (χ4v) is 5.26. The summed E-state index contributed by atoms with van der Waals surface area (Å²) in [5.74, 6) is 0. The molecular weight excluding hydrogens is 491 g/mol. The third-order valence-corrected chi connectivity index (χ3v) is 6.86. The maximum Gasteiger partial charge on any atom is 0.474 e. The Morgan fingerprint density at radius 1 is 0.815 bits per heavy atom. The third-order valence-electron chi connectivity index (χ3n) is 3.96. The highest BCUT2D eigenvalue weighted by molar-refractivity contribution is 8.24. The molecule has 27 heavy (non-hydrogen) atoms. The van der Waals surface area contributed by atoms with Crippen molar-refractivity contribution in [2.24, 2.45) is 10.8 Å². The lowest BCUT2D eigenvalue weighted by Crippen LogP contribution is -2.47. The number of hydrogen-bond acceptors (Lipinski definition) is 10. The van der Waals surface area contributed by atoms with Gasteiger partial charge in [0.2, 0.25) is 0 Å². The minimum Gasteiger partial charge on any atom is -0.396 e. The number of halogens is 3. The van der Waals surface area contributed by atoms with Crippen LogP contribution in [0.2, 0.25) is 0 Å². The standard InChI is InChI=1S/C6H11O4P.C5H9O5P.Cl3OP/c1-11-8-3-6(2-7,4-9-11)5-10-11;6-1-5-2-8-11(7,9-3-5)10-4-5;1-5(2,3)4/h7H,1-5H2;6H,1-4H2;. The molecule has 10 nitrogen and oxygen atoms in total. The highest BCUT2D eigenvalue weighted by Crippen LogP contribution is 2.61. The molecule has 6 fully saturated rings. The highest BCUT2D eigenvalue weighted by Gasteiger charge is 2.50. The molecule has 0 atom stereocenters. The second-order valence-electron chi connectivity index (χ2n) is 6.41. The molecule has 0 radical (unpaired) electrons. The molecule has 6 heterocycles. The fraction of sp³-hybridized carbons (Fsp3) is 0.909. The Kier molecular flexibility index (Phi) is 8.38. The van der Waals surface area contributed by atoms with Gasteiger partial charge in [-0.3, -0.25) is 18.1 Å². The first-order valence-corrected chi connectivity index (χ1v) is 15.1. The molecule has 0 unspecified atom stereocenters. The lowest BCUT2D eigenvalue weighted by molar-refractivity contribution is -0.114. The lowest BCUT2D eigenvalue weighted by atomic mass is 9.93. The maximum atomic E-state index is 11.1. The number of phosphoric acid groups is 1. The predicted octanol–water partition coefficient (Wildman–Crippen LogP) is 3.20. The Morgan fingerprint density at radius 3 is 1.33 bits per heavy atom. The summed E-state index contributed by atoms with van der Waals surface area (Å²) in [6.07, 6.45) is 3.71. The first kappa shape index (κ1) is 24.6. The minimum absolute atomic E-state index is 0.0486. The molecule has 6 aliphatic heterocycles. The van der Waals surface area contributed by atoms with E-state index < -0.39 is 26.0 Å². The van der Waals surface area contributed by atoms with Crippen LogP contribution in [-0.4, -0.2) is 69.4 Å². The van der Waals surface area contributed by atoms with Crippen LogP contribution >= 0.6 is 54.3 Å². The number of hydrogen-bond donors (Lipinski definition) is 2. The molecule has 4 bridgehead atoms. The zero-order valence-electron chi connectivity index (χ0n) is 14.0. The SMILES string of the molecule is C=P12OCC(CO)(CO1)CO2.O=P(Cl)(Cl)Cl.O=P12OCC(CO)(CO1)CO2. The average molecular weight is 512 g/mol. The van der Waals surface area contributed by atoms with Crippen LogP contribution in [0.5, 0.6) is 0 Å². The van der Waals surface area contributed by atoms with Crippen molar-refractivity contribution < 1.29 is 46.5 Å². The summed E-state index contributed by atoms with van der Waals surface area (Å²) in [5.41, 5.74) is -0.800. The van der Waals surface area contributed by atoms with E-state index in [1.54, 1.807) is 0 Å². The van der Waals surface area contributed by atoms with Gasteiger partial charge in [-0.15, -0.1) is 0 Å². The van der Waals surface area contributed by atoms with E-state index in [4.69, 9.17) is 37.4 Å². The van der Waals surface area contributed by atoms with E-state index in [1.807, 2.05) is 0 Å². The summed E-state index contributed by atoms with van der Waals surface area (Å²) in [6, 6.07) is 0. The highest BCUT2D eigenvalue weighted by atomic mass is 36.0. The van der Waals surface area contributed by atoms with Crippen LogP contribution in [0.25, 0.3) is 0 Å². The van der Waals surface area contributed by atoms with Gasteiger partial charge in [-0.1, -0.05) is 0 Å². The van der Waals surface area contributed by atoms with Crippen LogP contribution in [0.3, 0.4) is 0 Å². The van der Waals surface area contributed by atoms with Gasteiger partial charge in [0.15, 0.2) is 0 Å². The van der Waals surface area contributed by atoms with Gasteiger partial charge in [0.05, 0.1) is 63.7 Å². The smallest absolute Gasteiger partial charge is 0.396 e. The molecule has 0 aromatic carbocycles. The van der Waals surface area contributed by atoms with E-state index in [9.17, 15) is 9.13 Å². The summed E-state index contributed by atoms with van der Waals surface area (Å²) >= 11 is 13.8. The predicted molar refractivity (Wildman–Crippen MR) is 102 cm³/mol. The summed E-state index contributed by atoms with van der Waals surface area (Å²) < 4.78 is 50.9. The Labute approximate surface area is 170 Å². The minimum atomic E-state index is -3.22. The van der Waals surface area contributed by atoms with Gasteiger partial charge in [-0.25, -0.2) is 4.57 Å². The molecule has 0 saturated carbocycles. The van der Waals surface area contributed by atoms with Crippen LogP contribution < -0.4 is 0 Å². The topological polar surface area (TPSA) is 130 Å². The van der Waals surface area contributed by atoms with E-state index >= 15 is 0 Å². The van der Waals surface area contributed by atoms with E-state index in [0.717, 1.165) is 0 Å². The van der Waals surface area contributed by atoms with Crippen LogP contribution in [0.4, 0.5) is 0 Å². The molecule has 6 aliphatic rings. The Hall–Kier alpha value is 1.31. The van der Waals surface area contributed by atoms with Crippen molar-refractivity contribution in [2.75, 3.05) is 52.9 Å². The summed E-state index contributed by atoms with van der Waals surface area (Å²) in [5, 5.41) is 14.7. The zero-order chi connectivity index (χ0) is 20.4. The fourth-order valence-electron chi connectivity index (χ4n) is 2.10. The van der Waals surface area contributed by atoms with Crippen LogP contribution in [0.15, 0.2) is 0 Å². The molecule has 0 aromatic rings. The monoisotopic (exact) mass is 510 g/mol. The molecule has 6 saturated heterocycles. The van der Waals surface area contributed by atoms with Crippen molar-refractivity contribution in [3.05, 3.63) is 0 Å².